The zero-order valence-corrected chi connectivity index (χ0v) is 13.3. The normalized spacial score (nSPS) is 18.5. The molecule has 1 aromatic rings. The molecule has 0 bridgehead atoms. The van der Waals surface area contributed by atoms with Gasteiger partial charge in [0.1, 0.15) is 5.75 Å². The van der Waals surface area contributed by atoms with Gasteiger partial charge in [0.2, 0.25) is 0 Å². The summed E-state index contributed by atoms with van der Waals surface area (Å²) in [5, 5.41) is 0. The summed E-state index contributed by atoms with van der Waals surface area (Å²) in [6.07, 6.45) is 7.83. The summed E-state index contributed by atoms with van der Waals surface area (Å²) in [7, 11) is 1.72. The number of methoxy groups -OCH3 is 1. The van der Waals surface area contributed by atoms with Gasteiger partial charge < -0.3 is 9.47 Å². The van der Waals surface area contributed by atoms with Crippen molar-refractivity contribution < 1.29 is 9.47 Å². The Morgan fingerprint density at radius 3 is 2.55 bits per heavy atom. The van der Waals surface area contributed by atoms with Gasteiger partial charge in [-0.2, -0.15) is 12.6 Å². The highest BCUT2D eigenvalue weighted by Crippen LogP contribution is 2.36. The van der Waals surface area contributed by atoms with E-state index in [9.17, 15) is 0 Å². The van der Waals surface area contributed by atoms with Crippen LogP contribution in [0.15, 0.2) is 24.3 Å². The number of rotatable bonds is 6. The smallest absolute Gasteiger partial charge is 0.119 e. The third kappa shape index (κ3) is 4.42. The summed E-state index contributed by atoms with van der Waals surface area (Å²) in [6.45, 7) is 1.42. The molecule has 0 aromatic heterocycles. The molecule has 1 aromatic carbocycles. The Balaban J connectivity index is 1.96. The standard InChI is InChI=1S/C17H26O2S/c1-18-12-15-7-6-8-16(11-15)19-13-17(14-20)9-4-2-3-5-10-17/h6-8,11,20H,2-5,9-10,12-14H2,1H3. The highest BCUT2D eigenvalue weighted by atomic mass is 32.1. The lowest BCUT2D eigenvalue weighted by molar-refractivity contribution is 0.147. The van der Waals surface area contributed by atoms with Gasteiger partial charge in [-0.25, -0.2) is 0 Å². The summed E-state index contributed by atoms with van der Waals surface area (Å²) < 4.78 is 11.2. The fourth-order valence-corrected chi connectivity index (χ4v) is 3.36. The summed E-state index contributed by atoms with van der Waals surface area (Å²) in [5.41, 5.74) is 1.42. The van der Waals surface area contributed by atoms with E-state index in [0.29, 0.717) is 6.61 Å². The molecule has 0 unspecified atom stereocenters. The van der Waals surface area contributed by atoms with Crippen LogP contribution in [0.25, 0.3) is 0 Å². The first-order chi connectivity index (χ1) is 9.78. The molecule has 0 radical (unpaired) electrons. The summed E-state index contributed by atoms with van der Waals surface area (Å²) in [6, 6.07) is 8.20. The maximum atomic E-state index is 6.08. The Bertz CT molecular complexity index is 398. The molecule has 0 N–H and O–H groups in total. The largest absolute Gasteiger partial charge is 0.493 e. The van der Waals surface area contributed by atoms with Gasteiger partial charge in [-0.1, -0.05) is 37.8 Å². The van der Waals surface area contributed by atoms with Crippen molar-refractivity contribution in [3.05, 3.63) is 29.8 Å². The lowest BCUT2D eigenvalue weighted by Crippen LogP contribution is -2.30. The van der Waals surface area contributed by atoms with Crippen molar-refractivity contribution in [2.75, 3.05) is 19.5 Å². The number of thiol groups is 1. The minimum absolute atomic E-state index is 0.261. The SMILES string of the molecule is COCc1cccc(OCC2(CS)CCCCCC2)c1. The van der Waals surface area contributed by atoms with E-state index in [1.807, 2.05) is 12.1 Å². The Morgan fingerprint density at radius 1 is 1.15 bits per heavy atom. The van der Waals surface area contributed by atoms with Crippen molar-refractivity contribution in [1.82, 2.24) is 0 Å². The van der Waals surface area contributed by atoms with Crippen molar-refractivity contribution >= 4 is 12.6 Å². The van der Waals surface area contributed by atoms with Gasteiger partial charge in [0.05, 0.1) is 13.2 Å². The van der Waals surface area contributed by atoms with Crippen molar-refractivity contribution in [3.63, 3.8) is 0 Å². The van der Waals surface area contributed by atoms with Gasteiger partial charge >= 0.3 is 0 Å². The summed E-state index contributed by atoms with van der Waals surface area (Å²) >= 11 is 4.60. The minimum Gasteiger partial charge on any atom is -0.493 e. The second-order valence-electron chi connectivity index (χ2n) is 5.94. The molecular formula is C17H26O2S. The molecule has 20 heavy (non-hydrogen) atoms. The van der Waals surface area contributed by atoms with Crippen molar-refractivity contribution in [2.24, 2.45) is 5.41 Å². The van der Waals surface area contributed by atoms with E-state index < -0.39 is 0 Å². The third-order valence-corrected chi connectivity index (χ3v) is 4.92. The molecule has 0 aliphatic heterocycles. The fraction of sp³-hybridized carbons (Fsp3) is 0.647. The van der Waals surface area contributed by atoms with Crippen LogP contribution in [-0.4, -0.2) is 19.5 Å². The minimum atomic E-state index is 0.261. The molecule has 0 spiro atoms. The highest BCUT2D eigenvalue weighted by molar-refractivity contribution is 7.80. The van der Waals surface area contributed by atoms with E-state index in [2.05, 4.69) is 24.8 Å². The molecule has 1 aliphatic carbocycles. The predicted molar refractivity (Wildman–Crippen MR) is 86.6 cm³/mol. The molecule has 2 rings (SSSR count). The van der Waals surface area contributed by atoms with E-state index in [0.717, 1.165) is 23.7 Å². The first-order valence-electron chi connectivity index (χ1n) is 7.60. The molecule has 1 fully saturated rings. The third-order valence-electron chi connectivity index (χ3n) is 4.25. The molecule has 2 nitrogen and oxygen atoms in total. The first kappa shape index (κ1) is 15.7. The van der Waals surface area contributed by atoms with E-state index in [-0.39, 0.29) is 5.41 Å². The number of ether oxygens (including phenoxy) is 2. The van der Waals surface area contributed by atoms with Crippen LogP contribution < -0.4 is 4.74 Å². The number of hydrogen-bond donors (Lipinski definition) is 1. The molecule has 3 heteroatoms. The molecule has 1 aliphatic rings. The molecular weight excluding hydrogens is 268 g/mol. The maximum Gasteiger partial charge on any atom is 0.119 e. The lowest BCUT2D eigenvalue weighted by Gasteiger charge is -2.31. The van der Waals surface area contributed by atoms with Crippen LogP contribution >= 0.6 is 12.6 Å². The van der Waals surface area contributed by atoms with E-state index >= 15 is 0 Å². The van der Waals surface area contributed by atoms with Gasteiger partial charge in [0, 0.05) is 12.5 Å². The second-order valence-corrected chi connectivity index (χ2v) is 6.26. The van der Waals surface area contributed by atoms with Crippen LogP contribution in [0.2, 0.25) is 0 Å². The lowest BCUT2D eigenvalue weighted by atomic mass is 9.83. The van der Waals surface area contributed by atoms with Crippen LogP contribution in [0.1, 0.15) is 44.1 Å². The number of benzene rings is 1. The van der Waals surface area contributed by atoms with Gasteiger partial charge in [0.25, 0.3) is 0 Å². The van der Waals surface area contributed by atoms with Gasteiger partial charge in [-0.05, 0) is 36.3 Å². The molecule has 1 saturated carbocycles. The predicted octanol–water partition coefficient (Wildman–Crippen LogP) is 4.48. The van der Waals surface area contributed by atoms with E-state index in [1.165, 1.54) is 38.5 Å². The maximum absolute atomic E-state index is 6.08. The first-order valence-corrected chi connectivity index (χ1v) is 8.23. The average Bonchev–Trinajstić information content (AvgIpc) is 2.72. The van der Waals surface area contributed by atoms with Gasteiger partial charge in [-0.3, -0.25) is 0 Å². The van der Waals surface area contributed by atoms with Crippen LogP contribution in [0.3, 0.4) is 0 Å². The van der Waals surface area contributed by atoms with Crippen LogP contribution in [0, 0.1) is 5.41 Å². The highest BCUT2D eigenvalue weighted by Gasteiger charge is 2.30. The van der Waals surface area contributed by atoms with E-state index in [1.54, 1.807) is 7.11 Å². The average molecular weight is 294 g/mol. The van der Waals surface area contributed by atoms with Crippen molar-refractivity contribution in [1.29, 1.82) is 0 Å². The Morgan fingerprint density at radius 2 is 1.90 bits per heavy atom. The zero-order chi connectivity index (χ0) is 14.3. The summed E-state index contributed by atoms with van der Waals surface area (Å²) in [4.78, 5) is 0. The molecule has 0 heterocycles. The molecule has 0 atom stereocenters. The fourth-order valence-electron chi connectivity index (χ4n) is 2.95. The molecule has 112 valence electrons. The Labute approximate surface area is 128 Å². The van der Waals surface area contributed by atoms with Crippen LogP contribution in [0.5, 0.6) is 5.75 Å². The second kappa shape index (κ2) is 7.94. The van der Waals surface area contributed by atoms with Gasteiger partial charge in [0.15, 0.2) is 0 Å². The Kier molecular flexibility index (Phi) is 6.24. The zero-order valence-electron chi connectivity index (χ0n) is 12.4. The van der Waals surface area contributed by atoms with Gasteiger partial charge in [-0.15, -0.1) is 0 Å². The van der Waals surface area contributed by atoms with Crippen molar-refractivity contribution in [3.8, 4) is 5.75 Å². The Hall–Kier alpha value is -0.670. The van der Waals surface area contributed by atoms with E-state index in [4.69, 9.17) is 9.47 Å². The van der Waals surface area contributed by atoms with Crippen LogP contribution in [-0.2, 0) is 11.3 Å². The van der Waals surface area contributed by atoms with Crippen molar-refractivity contribution in [2.45, 2.75) is 45.1 Å². The quantitative estimate of drug-likeness (QED) is 0.616. The monoisotopic (exact) mass is 294 g/mol. The summed E-state index contributed by atoms with van der Waals surface area (Å²) in [5.74, 6) is 1.87. The molecule has 0 saturated heterocycles. The number of hydrogen-bond acceptors (Lipinski definition) is 3. The van der Waals surface area contributed by atoms with Crippen LogP contribution in [0.4, 0.5) is 0 Å². The topological polar surface area (TPSA) is 18.5 Å². The molecule has 0 amide bonds.